The van der Waals surface area contributed by atoms with Gasteiger partial charge >= 0.3 is 0 Å². The fraction of sp³-hybridized carbons (Fsp3) is 0.152. The molecule has 2 aromatic heterocycles. The summed E-state index contributed by atoms with van der Waals surface area (Å²) in [6.07, 6.45) is 0. The molecule has 2 heterocycles. The van der Waals surface area contributed by atoms with Gasteiger partial charge in [0.25, 0.3) is 0 Å². The molecule has 6 aromatic rings. The predicted octanol–water partition coefficient (Wildman–Crippen LogP) is 6.62. The number of fused-ring (bicyclic) bond motifs is 5. The number of amides is 2. The van der Waals surface area contributed by atoms with E-state index in [0.717, 1.165) is 50.0 Å². The van der Waals surface area contributed by atoms with Crippen molar-refractivity contribution in [1.29, 1.82) is 0 Å². The highest BCUT2D eigenvalue weighted by Crippen LogP contribution is 2.31. The molecule has 7 heteroatoms. The number of carbonyl (C=O) groups is 2. The lowest BCUT2D eigenvalue weighted by molar-refractivity contribution is -0.120. The van der Waals surface area contributed by atoms with Gasteiger partial charge in [-0.05, 0) is 50.6 Å². The molecule has 1 N–H and O–H groups in total. The second-order valence-electron chi connectivity index (χ2n) is 10.3. The van der Waals surface area contributed by atoms with Crippen LogP contribution >= 0.6 is 0 Å². The Kier molecular flexibility index (Phi) is 6.27. The maximum Gasteiger partial charge on any atom is 0.244 e. The molecule has 0 bridgehead atoms. The van der Waals surface area contributed by atoms with Crippen molar-refractivity contribution >= 4 is 50.6 Å². The lowest BCUT2D eigenvalue weighted by atomic mass is 10.0. The highest BCUT2D eigenvalue weighted by molar-refractivity contribution is 6.05. The van der Waals surface area contributed by atoms with Gasteiger partial charge in [0, 0.05) is 34.6 Å². The Bertz CT molecular complexity index is 1940. The van der Waals surface area contributed by atoms with E-state index in [-0.39, 0.29) is 18.4 Å². The number of anilines is 2. The van der Waals surface area contributed by atoms with Crippen LogP contribution in [-0.4, -0.2) is 33.0 Å². The van der Waals surface area contributed by atoms with Crippen LogP contribution in [-0.2, 0) is 9.59 Å². The van der Waals surface area contributed by atoms with Crippen molar-refractivity contribution in [3.05, 3.63) is 102 Å². The molecule has 0 atom stereocenters. The Balaban J connectivity index is 1.35. The number of hydrogen-bond acceptors (Lipinski definition) is 4. The maximum absolute atomic E-state index is 13.0. The summed E-state index contributed by atoms with van der Waals surface area (Å²) >= 11 is 0. The number of nitrogens with one attached hydrogen (secondary N) is 1. The van der Waals surface area contributed by atoms with Crippen LogP contribution in [0.2, 0.25) is 0 Å². The highest BCUT2D eigenvalue weighted by atomic mass is 16.2. The minimum atomic E-state index is -0.288. The normalized spacial score (nSPS) is 11.3. The zero-order chi connectivity index (χ0) is 28.0. The summed E-state index contributed by atoms with van der Waals surface area (Å²) in [5, 5.41) is 9.98. The number of imidazole rings is 1. The monoisotopic (exact) mass is 527 g/mol. The molecule has 0 unspecified atom stereocenters. The fourth-order valence-electron chi connectivity index (χ4n) is 5.20. The van der Waals surface area contributed by atoms with Crippen LogP contribution in [0.15, 0.2) is 84.9 Å². The molecule has 0 radical (unpaired) electrons. The zero-order valence-corrected chi connectivity index (χ0v) is 22.9. The summed E-state index contributed by atoms with van der Waals surface area (Å²) in [5.74, 6) is -0.483. The van der Waals surface area contributed by atoms with E-state index < -0.39 is 0 Å². The number of benzene rings is 4. The number of aromatic nitrogens is 3. The Morgan fingerprint density at radius 3 is 2.30 bits per heavy atom. The molecule has 0 fully saturated rings. The predicted molar refractivity (Wildman–Crippen MR) is 161 cm³/mol. The Hall–Kier alpha value is -5.04. The van der Waals surface area contributed by atoms with Gasteiger partial charge in [-0.15, -0.1) is 0 Å². The van der Waals surface area contributed by atoms with E-state index in [9.17, 15) is 9.59 Å². The molecule has 0 saturated heterocycles. The van der Waals surface area contributed by atoms with E-state index in [1.807, 2.05) is 66.9 Å². The first kappa shape index (κ1) is 25.2. The fourth-order valence-corrected chi connectivity index (χ4v) is 5.20. The Morgan fingerprint density at radius 2 is 1.57 bits per heavy atom. The van der Waals surface area contributed by atoms with Crippen molar-refractivity contribution in [3.63, 3.8) is 0 Å². The molecule has 0 aliphatic rings. The largest absolute Gasteiger partial charge is 0.324 e. The average molecular weight is 528 g/mol. The second-order valence-corrected chi connectivity index (χ2v) is 10.3. The van der Waals surface area contributed by atoms with E-state index in [0.29, 0.717) is 11.2 Å². The summed E-state index contributed by atoms with van der Waals surface area (Å²) in [7, 11) is 0. The molecule has 0 aliphatic heterocycles. The molecule has 40 heavy (non-hydrogen) atoms. The molecule has 4 aromatic carbocycles. The summed E-state index contributed by atoms with van der Waals surface area (Å²) < 4.78 is 1.87. The van der Waals surface area contributed by atoms with Crippen LogP contribution in [0.5, 0.6) is 0 Å². The minimum absolute atomic E-state index is 0.0887. The van der Waals surface area contributed by atoms with Gasteiger partial charge in [-0.2, -0.15) is 5.10 Å². The smallest absolute Gasteiger partial charge is 0.244 e. The van der Waals surface area contributed by atoms with Crippen molar-refractivity contribution < 1.29 is 9.59 Å². The van der Waals surface area contributed by atoms with Gasteiger partial charge in [-0.25, -0.2) is 9.50 Å². The summed E-state index contributed by atoms with van der Waals surface area (Å²) in [4.78, 5) is 31.9. The lowest BCUT2D eigenvalue weighted by Gasteiger charge is -2.23. The Morgan fingerprint density at radius 1 is 0.850 bits per heavy atom. The van der Waals surface area contributed by atoms with Crippen molar-refractivity contribution in [2.75, 3.05) is 16.8 Å². The molecule has 6 rings (SSSR count). The van der Waals surface area contributed by atoms with Gasteiger partial charge in [0.15, 0.2) is 5.65 Å². The van der Waals surface area contributed by atoms with Gasteiger partial charge in [0.1, 0.15) is 6.54 Å². The van der Waals surface area contributed by atoms with E-state index in [2.05, 4.69) is 48.6 Å². The molecular weight excluding hydrogens is 498 g/mol. The summed E-state index contributed by atoms with van der Waals surface area (Å²) in [6.45, 7) is 7.39. The topological polar surface area (TPSA) is 79.6 Å². The van der Waals surface area contributed by atoms with E-state index in [1.54, 1.807) is 0 Å². The van der Waals surface area contributed by atoms with E-state index in [1.165, 1.54) is 17.4 Å². The number of rotatable bonds is 5. The Labute approximate surface area is 232 Å². The lowest BCUT2D eigenvalue weighted by Crippen LogP contribution is -2.37. The first-order chi connectivity index (χ1) is 19.3. The quantitative estimate of drug-likeness (QED) is 0.273. The maximum atomic E-state index is 13.0. The zero-order valence-electron chi connectivity index (χ0n) is 22.9. The van der Waals surface area contributed by atoms with Crippen molar-refractivity contribution in [2.24, 2.45) is 0 Å². The van der Waals surface area contributed by atoms with Crippen molar-refractivity contribution in [2.45, 2.75) is 27.7 Å². The highest BCUT2D eigenvalue weighted by Gasteiger charge is 2.19. The van der Waals surface area contributed by atoms with Crippen LogP contribution in [0.4, 0.5) is 11.4 Å². The van der Waals surface area contributed by atoms with Gasteiger partial charge in [0.2, 0.25) is 11.8 Å². The third-order valence-electron chi connectivity index (χ3n) is 7.19. The first-order valence-electron chi connectivity index (χ1n) is 13.2. The van der Waals surface area contributed by atoms with Crippen LogP contribution in [0.3, 0.4) is 0 Å². The van der Waals surface area contributed by atoms with Crippen LogP contribution in [0, 0.1) is 20.8 Å². The first-order valence-corrected chi connectivity index (χ1v) is 13.2. The molecular formula is C33H29N5O2. The standard InChI is InChI=1S/C33H29N5O2/c1-20-9-12-24(13-10-20)32-26-7-5-6-8-27(26)33-35-28-18-25(14-16-30(28)38(33)36-32)34-31(40)19-37(23(4)39)29-15-11-21(2)17-22(29)3/h5-18H,19H2,1-4H3,(H,34,40). The molecule has 0 aliphatic carbocycles. The molecule has 2 amide bonds. The minimum Gasteiger partial charge on any atom is -0.324 e. The van der Waals surface area contributed by atoms with Gasteiger partial charge < -0.3 is 10.2 Å². The molecule has 198 valence electrons. The summed E-state index contributed by atoms with van der Waals surface area (Å²) in [6, 6.07) is 27.9. The third kappa shape index (κ3) is 4.56. The van der Waals surface area contributed by atoms with E-state index >= 15 is 0 Å². The van der Waals surface area contributed by atoms with E-state index in [4.69, 9.17) is 10.1 Å². The number of nitrogens with zero attached hydrogens (tertiary/aromatic N) is 4. The van der Waals surface area contributed by atoms with Crippen molar-refractivity contribution in [1.82, 2.24) is 14.6 Å². The van der Waals surface area contributed by atoms with Gasteiger partial charge in [-0.1, -0.05) is 71.8 Å². The number of hydrogen-bond donors (Lipinski definition) is 1. The SMILES string of the molecule is CC(=O)N(CC(=O)Nc1ccc2c(c1)nc1c3ccccc3c(-c3ccc(C)cc3)nn21)c1ccc(C)cc1C. The summed E-state index contributed by atoms with van der Waals surface area (Å²) in [5.41, 5.74) is 8.80. The molecule has 0 saturated carbocycles. The second kappa shape index (κ2) is 9.93. The van der Waals surface area contributed by atoms with Crippen LogP contribution < -0.4 is 10.2 Å². The van der Waals surface area contributed by atoms with Gasteiger partial charge in [0.05, 0.1) is 16.7 Å². The molecule has 7 nitrogen and oxygen atoms in total. The van der Waals surface area contributed by atoms with Crippen LogP contribution in [0.1, 0.15) is 23.6 Å². The average Bonchev–Trinajstić information content (AvgIpc) is 3.30. The number of carbonyl (C=O) groups excluding carboxylic acids is 2. The van der Waals surface area contributed by atoms with Crippen molar-refractivity contribution in [3.8, 4) is 11.3 Å². The number of aryl methyl sites for hydroxylation is 3. The van der Waals surface area contributed by atoms with Gasteiger partial charge in [-0.3, -0.25) is 9.59 Å². The third-order valence-corrected chi connectivity index (χ3v) is 7.19. The molecule has 0 spiro atoms. The van der Waals surface area contributed by atoms with Crippen LogP contribution in [0.25, 0.3) is 38.7 Å².